The fourth-order valence-electron chi connectivity index (χ4n) is 3.13. The van der Waals surface area contributed by atoms with E-state index in [0.29, 0.717) is 23.3 Å². The molecule has 3 aromatic heterocycles. The molecule has 4 aromatic rings. The van der Waals surface area contributed by atoms with Crippen LogP contribution in [0.15, 0.2) is 47.1 Å². The molecule has 0 unspecified atom stereocenters. The van der Waals surface area contributed by atoms with Crippen molar-refractivity contribution in [2.45, 2.75) is 32.1 Å². The lowest BCUT2D eigenvalue weighted by Gasteiger charge is -2.05. The molecule has 1 aliphatic carbocycles. The number of amides is 1. The van der Waals surface area contributed by atoms with E-state index in [1.807, 2.05) is 49.5 Å². The normalized spacial score (nSPS) is 13.8. The van der Waals surface area contributed by atoms with Crippen molar-refractivity contribution in [3.05, 3.63) is 59.8 Å². The molecule has 1 saturated carbocycles. The van der Waals surface area contributed by atoms with Gasteiger partial charge in [0.05, 0.1) is 6.42 Å². The number of carbonyl (C=O) groups is 1. The Hall–Kier alpha value is -3.55. The van der Waals surface area contributed by atoms with Gasteiger partial charge in [0.2, 0.25) is 5.91 Å². The molecule has 0 spiro atoms. The topological polar surface area (TPSA) is 98.2 Å². The molecule has 1 aliphatic rings. The Kier molecular flexibility index (Phi) is 3.89. The third kappa shape index (κ3) is 3.24. The monoisotopic (exact) mass is 374 g/mol. The summed E-state index contributed by atoms with van der Waals surface area (Å²) >= 11 is 0. The summed E-state index contributed by atoms with van der Waals surface area (Å²) in [6.45, 7) is 1.98. The Bertz CT molecular complexity index is 1170. The number of nitrogens with zero attached hydrogens (tertiary/aromatic N) is 5. The number of pyridine rings is 1. The van der Waals surface area contributed by atoms with Gasteiger partial charge in [-0.25, -0.2) is 0 Å². The minimum atomic E-state index is -0.144. The van der Waals surface area contributed by atoms with Crippen LogP contribution in [-0.4, -0.2) is 30.6 Å². The van der Waals surface area contributed by atoms with E-state index in [0.717, 1.165) is 35.5 Å². The van der Waals surface area contributed by atoms with Crippen LogP contribution in [0.3, 0.4) is 0 Å². The average Bonchev–Trinajstić information content (AvgIpc) is 3.28. The Morgan fingerprint density at radius 1 is 1.25 bits per heavy atom. The summed E-state index contributed by atoms with van der Waals surface area (Å²) in [6.07, 6.45) is 4.19. The minimum Gasteiger partial charge on any atom is -0.334 e. The number of hydrogen-bond acceptors (Lipinski definition) is 6. The summed E-state index contributed by atoms with van der Waals surface area (Å²) < 4.78 is 7.15. The van der Waals surface area contributed by atoms with E-state index in [2.05, 4.69) is 25.7 Å². The largest absolute Gasteiger partial charge is 0.334 e. The average molecular weight is 374 g/mol. The Balaban J connectivity index is 1.35. The summed E-state index contributed by atoms with van der Waals surface area (Å²) in [6, 6.07) is 11.4. The molecule has 0 aliphatic heterocycles. The number of benzene rings is 1. The summed E-state index contributed by atoms with van der Waals surface area (Å²) in [4.78, 5) is 16.8. The van der Waals surface area contributed by atoms with Crippen molar-refractivity contribution in [3.63, 3.8) is 0 Å². The number of nitrogens with one attached hydrogen (secondary N) is 1. The highest BCUT2D eigenvalue weighted by Gasteiger charge is 2.29. The van der Waals surface area contributed by atoms with E-state index in [1.165, 1.54) is 0 Å². The van der Waals surface area contributed by atoms with Crippen LogP contribution in [0.5, 0.6) is 0 Å². The van der Waals surface area contributed by atoms with Gasteiger partial charge in [-0.15, -0.1) is 10.2 Å². The van der Waals surface area contributed by atoms with E-state index >= 15 is 0 Å². The van der Waals surface area contributed by atoms with Gasteiger partial charge in [-0.3, -0.25) is 9.20 Å². The van der Waals surface area contributed by atoms with E-state index in [9.17, 15) is 4.79 Å². The summed E-state index contributed by atoms with van der Waals surface area (Å²) in [5.41, 5.74) is 3.27. The number of fused-ring (bicyclic) bond motifs is 1. The van der Waals surface area contributed by atoms with Gasteiger partial charge in [-0.05, 0) is 49.6 Å². The van der Waals surface area contributed by atoms with Crippen LogP contribution in [0.25, 0.3) is 17.1 Å². The highest BCUT2D eigenvalue weighted by Crippen LogP contribution is 2.38. The highest BCUT2D eigenvalue weighted by atomic mass is 16.5. The van der Waals surface area contributed by atoms with Crippen molar-refractivity contribution in [2.24, 2.45) is 0 Å². The smallest absolute Gasteiger partial charge is 0.258 e. The van der Waals surface area contributed by atoms with Crippen LogP contribution in [0, 0.1) is 6.92 Å². The third-order valence-corrected chi connectivity index (χ3v) is 4.73. The summed E-state index contributed by atoms with van der Waals surface area (Å²) in [5, 5.41) is 15.3. The Morgan fingerprint density at radius 3 is 2.96 bits per heavy atom. The van der Waals surface area contributed by atoms with Crippen LogP contribution in [-0.2, 0) is 11.2 Å². The predicted octanol–water partition coefficient (Wildman–Crippen LogP) is 3.15. The lowest BCUT2D eigenvalue weighted by atomic mass is 10.2. The van der Waals surface area contributed by atoms with Crippen molar-refractivity contribution in [3.8, 4) is 11.5 Å². The van der Waals surface area contributed by atoms with Crippen LogP contribution < -0.4 is 5.32 Å². The minimum absolute atomic E-state index is 0.126. The number of rotatable bonds is 5. The van der Waals surface area contributed by atoms with E-state index in [1.54, 1.807) is 4.40 Å². The Labute approximate surface area is 160 Å². The molecule has 140 valence electrons. The second-order valence-electron chi connectivity index (χ2n) is 7.09. The van der Waals surface area contributed by atoms with Crippen molar-refractivity contribution < 1.29 is 9.32 Å². The van der Waals surface area contributed by atoms with Gasteiger partial charge >= 0.3 is 0 Å². The molecule has 28 heavy (non-hydrogen) atoms. The molecule has 1 fully saturated rings. The predicted molar refractivity (Wildman–Crippen MR) is 102 cm³/mol. The molecule has 8 nitrogen and oxygen atoms in total. The molecular weight excluding hydrogens is 356 g/mol. The number of aromatic nitrogens is 5. The molecule has 5 rings (SSSR count). The zero-order valence-electron chi connectivity index (χ0n) is 15.3. The second kappa shape index (κ2) is 6.56. The van der Waals surface area contributed by atoms with Gasteiger partial charge in [0.25, 0.3) is 5.89 Å². The van der Waals surface area contributed by atoms with Crippen LogP contribution in [0.4, 0.5) is 5.69 Å². The molecule has 0 atom stereocenters. The molecule has 1 N–H and O–H groups in total. The summed E-state index contributed by atoms with van der Waals surface area (Å²) in [7, 11) is 0. The van der Waals surface area contributed by atoms with E-state index in [4.69, 9.17) is 4.52 Å². The van der Waals surface area contributed by atoms with Crippen molar-refractivity contribution in [1.82, 2.24) is 24.7 Å². The molecule has 1 aromatic carbocycles. The van der Waals surface area contributed by atoms with Crippen molar-refractivity contribution in [2.75, 3.05) is 5.32 Å². The number of anilines is 1. The molecule has 0 bridgehead atoms. The van der Waals surface area contributed by atoms with Gasteiger partial charge in [-0.2, -0.15) is 4.98 Å². The van der Waals surface area contributed by atoms with Crippen molar-refractivity contribution in [1.29, 1.82) is 0 Å². The standard InChI is InChI=1S/C20H18N6O2/c1-12-3-2-4-15(9-12)21-18(27)11-17-24-23-16-10-14(7-8-26(16)17)20-22-19(25-28-20)13-5-6-13/h2-4,7-10,13H,5-6,11H2,1H3,(H,21,27). The maximum absolute atomic E-state index is 12.4. The van der Waals surface area contributed by atoms with Gasteiger partial charge in [0.15, 0.2) is 11.5 Å². The van der Waals surface area contributed by atoms with Gasteiger partial charge < -0.3 is 9.84 Å². The number of hydrogen-bond donors (Lipinski definition) is 1. The van der Waals surface area contributed by atoms with E-state index in [-0.39, 0.29) is 12.3 Å². The van der Waals surface area contributed by atoms with Gasteiger partial charge in [0.1, 0.15) is 5.82 Å². The quantitative estimate of drug-likeness (QED) is 0.576. The highest BCUT2D eigenvalue weighted by molar-refractivity contribution is 5.92. The maximum Gasteiger partial charge on any atom is 0.258 e. The molecule has 0 saturated heterocycles. The lowest BCUT2D eigenvalue weighted by molar-refractivity contribution is -0.115. The SMILES string of the molecule is Cc1cccc(NC(=O)Cc2nnc3cc(-c4nc(C5CC5)no4)ccn23)c1. The zero-order chi connectivity index (χ0) is 19.1. The zero-order valence-corrected chi connectivity index (χ0v) is 15.3. The first-order valence-electron chi connectivity index (χ1n) is 9.20. The van der Waals surface area contributed by atoms with Gasteiger partial charge in [-0.1, -0.05) is 17.3 Å². The molecule has 3 heterocycles. The number of aryl methyl sites for hydroxylation is 1. The Morgan fingerprint density at radius 2 is 2.14 bits per heavy atom. The third-order valence-electron chi connectivity index (χ3n) is 4.73. The first kappa shape index (κ1) is 16.6. The first-order chi connectivity index (χ1) is 13.7. The molecular formula is C20H18N6O2. The number of carbonyl (C=O) groups excluding carboxylic acids is 1. The van der Waals surface area contributed by atoms with E-state index < -0.39 is 0 Å². The molecule has 0 radical (unpaired) electrons. The van der Waals surface area contributed by atoms with Gasteiger partial charge in [0, 0.05) is 23.4 Å². The lowest BCUT2D eigenvalue weighted by Crippen LogP contribution is -2.16. The maximum atomic E-state index is 12.4. The van der Waals surface area contributed by atoms with Crippen molar-refractivity contribution >= 4 is 17.2 Å². The molecule has 1 amide bonds. The molecule has 8 heteroatoms. The van der Waals surface area contributed by atoms with Crippen LogP contribution >= 0.6 is 0 Å². The summed E-state index contributed by atoms with van der Waals surface area (Å²) in [5.74, 6) is 2.11. The second-order valence-corrected chi connectivity index (χ2v) is 7.09. The fraction of sp³-hybridized carbons (Fsp3) is 0.250. The van der Waals surface area contributed by atoms with Crippen LogP contribution in [0.2, 0.25) is 0 Å². The fourth-order valence-corrected chi connectivity index (χ4v) is 3.13. The van der Waals surface area contributed by atoms with Crippen LogP contribution in [0.1, 0.15) is 36.0 Å². The first-order valence-corrected chi connectivity index (χ1v) is 9.20.